The van der Waals surface area contributed by atoms with Crippen molar-refractivity contribution in [1.29, 1.82) is 0 Å². The molecule has 2 nitrogen and oxygen atoms in total. The number of fused-ring (bicyclic) bond motifs is 13. The summed E-state index contributed by atoms with van der Waals surface area (Å²) in [5.41, 5.74) is 13.2. The molecule has 3 aromatic heterocycles. The molecule has 2 heteroatoms. The maximum atomic E-state index is 2.54. The van der Waals surface area contributed by atoms with Crippen molar-refractivity contribution in [3.8, 4) is 16.8 Å². The first-order chi connectivity index (χ1) is 20.1. The van der Waals surface area contributed by atoms with Crippen molar-refractivity contribution < 1.29 is 0 Å². The van der Waals surface area contributed by atoms with E-state index in [1.54, 1.807) is 0 Å². The van der Waals surface area contributed by atoms with Crippen molar-refractivity contribution in [3.05, 3.63) is 132 Å². The number of aromatic nitrogens is 2. The highest BCUT2D eigenvalue weighted by molar-refractivity contribution is 6.34. The van der Waals surface area contributed by atoms with Gasteiger partial charge in [-0.25, -0.2) is 0 Å². The number of rotatable bonds is 1. The molecular weight excluding hydrogens is 496 g/mol. The summed E-state index contributed by atoms with van der Waals surface area (Å²) in [4.78, 5) is 0. The molecule has 192 valence electrons. The van der Waals surface area contributed by atoms with Crippen molar-refractivity contribution in [3.63, 3.8) is 0 Å². The summed E-state index contributed by atoms with van der Waals surface area (Å²) < 4.78 is 5.02. The Morgan fingerprint density at radius 1 is 0.463 bits per heavy atom. The Kier molecular flexibility index (Phi) is 3.79. The molecule has 0 saturated heterocycles. The molecule has 0 atom stereocenters. The fraction of sp³-hybridized carbons (Fsp3) is 0.0769. The molecular formula is C39H26N2. The van der Waals surface area contributed by atoms with Crippen LogP contribution in [0.3, 0.4) is 0 Å². The van der Waals surface area contributed by atoms with Gasteiger partial charge < -0.3 is 8.97 Å². The van der Waals surface area contributed by atoms with E-state index < -0.39 is 0 Å². The first-order valence-electron chi connectivity index (χ1n) is 14.5. The molecule has 1 aliphatic carbocycles. The Labute approximate surface area is 237 Å². The van der Waals surface area contributed by atoms with Gasteiger partial charge in [0.1, 0.15) is 0 Å². The Balaban J connectivity index is 1.49. The summed E-state index contributed by atoms with van der Waals surface area (Å²) in [6.45, 7) is 4.75. The normalized spacial score (nSPS) is 14.3. The maximum absolute atomic E-state index is 2.54. The molecule has 0 spiro atoms. The minimum atomic E-state index is -0.0391. The first-order valence-corrected chi connectivity index (χ1v) is 14.5. The molecule has 0 radical (unpaired) electrons. The van der Waals surface area contributed by atoms with Crippen molar-refractivity contribution in [2.75, 3.05) is 0 Å². The molecule has 6 aromatic carbocycles. The first kappa shape index (κ1) is 21.7. The Morgan fingerprint density at radius 3 is 2.00 bits per heavy atom. The zero-order valence-corrected chi connectivity index (χ0v) is 22.9. The van der Waals surface area contributed by atoms with E-state index in [2.05, 4.69) is 144 Å². The van der Waals surface area contributed by atoms with Gasteiger partial charge in [0.2, 0.25) is 0 Å². The van der Waals surface area contributed by atoms with Gasteiger partial charge in [0.25, 0.3) is 0 Å². The minimum absolute atomic E-state index is 0.0391. The number of benzene rings is 6. The van der Waals surface area contributed by atoms with Crippen LogP contribution >= 0.6 is 0 Å². The van der Waals surface area contributed by atoms with E-state index in [9.17, 15) is 0 Å². The highest BCUT2D eigenvalue weighted by Crippen LogP contribution is 2.52. The average Bonchev–Trinajstić information content (AvgIpc) is 3.70. The van der Waals surface area contributed by atoms with E-state index >= 15 is 0 Å². The van der Waals surface area contributed by atoms with E-state index in [0.717, 1.165) is 0 Å². The second kappa shape index (κ2) is 7.16. The van der Waals surface area contributed by atoms with E-state index in [1.165, 1.54) is 87.8 Å². The second-order valence-corrected chi connectivity index (χ2v) is 12.2. The number of hydrogen-bond acceptors (Lipinski definition) is 0. The van der Waals surface area contributed by atoms with Gasteiger partial charge in [0.05, 0.1) is 27.6 Å². The lowest BCUT2D eigenvalue weighted by Gasteiger charge is -2.21. The molecule has 0 fully saturated rings. The summed E-state index contributed by atoms with van der Waals surface area (Å²) >= 11 is 0. The summed E-state index contributed by atoms with van der Waals surface area (Å²) in [5.74, 6) is 0. The van der Waals surface area contributed by atoms with Gasteiger partial charge in [-0.3, -0.25) is 0 Å². The molecule has 10 rings (SSSR count). The van der Waals surface area contributed by atoms with Gasteiger partial charge in [-0.05, 0) is 64.7 Å². The standard InChI is InChI=1S/C39H26N2/c1-39(2)31-17-9-6-14-24(31)27-20-28-30-21-29-25-15-7-10-18-33(25)40(23-12-4-3-5-13-23)37(29)36-26-16-8-11-19-34(26)41(38(30)36)35(28)22-32(27)39/h3-22H,1-2H3. The van der Waals surface area contributed by atoms with Crippen molar-refractivity contribution in [1.82, 2.24) is 8.97 Å². The lowest BCUT2D eigenvalue weighted by Crippen LogP contribution is -2.14. The summed E-state index contributed by atoms with van der Waals surface area (Å²) in [6.07, 6.45) is 0. The van der Waals surface area contributed by atoms with E-state index in [0.29, 0.717) is 0 Å². The van der Waals surface area contributed by atoms with Gasteiger partial charge >= 0.3 is 0 Å². The van der Waals surface area contributed by atoms with Crippen LogP contribution in [0.2, 0.25) is 0 Å². The third kappa shape index (κ3) is 2.46. The zero-order valence-electron chi connectivity index (χ0n) is 22.9. The molecule has 0 unspecified atom stereocenters. The highest BCUT2D eigenvalue weighted by atomic mass is 15.0. The number of para-hydroxylation sites is 3. The predicted molar refractivity (Wildman–Crippen MR) is 173 cm³/mol. The molecule has 0 N–H and O–H groups in total. The third-order valence-corrected chi connectivity index (χ3v) is 9.81. The number of hydrogen-bond donors (Lipinski definition) is 0. The predicted octanol–water partition coefficient (Wildman–Crippen LogP) is 10.2. The van der Waals surface area contributed by atoms with Crippen LogP contribution in [0.1, 0.15) is 25.0 Å². The molecule has 41 heavy (non-hydrogen) atoms. The molecule has 9 aromatic rings. The van der Waals surface area contributed by atoms with Crippen LogP contribution in [0, 0.1) is 0 Å². The largest absolute Gasteiger partial charge is 0.309 e. The van der Waals surface area contributed by atoms with E-state index in [4.69, 9.17) is 0 Å². The lowest BCUT2D eigenvalue weighted by atomic mass is 9.82. The maximum Gasteiger partial charge on any atom is 0.0642 e. The number of nitrogens with zero attached hydrogens (tertiary/aromatic N) is 2. The summed E-state index contributed by atoms with van der Waals surface area (Å²) in [6, 6.07) is 45.1. The average molecular weight is 523 g/mol. The lowest BCUT2D eigenvalue weighted by molar-refractivity contribution is 0.661. The fourth-order valence-corrected chi connectivity index (χ4v) is 8.04. The Morgan fingerprint density at radius 2 is 1.15 bits per heavy atom. The molecule has 0 amide bonds. The Hall–Kier alpha value is -5.08. The minimum Gasteiger partial charge on any atom is -0.309 e. The zero-order chi connectivity index (χ0) is 27.0. The van der Waals surface area contributed by atoms with Crippen LogP contribution in [0.4, 0.5) is 0 Å². The topological polar surface area (TPSA) is 9.34 Å². The highest BCUT2D eigenvalue weighted by Gasteiger charge is 2.36. The van der Waals surface area contributed by atoms with Gasteiger partial charge in [-0.2, -0.15) is 0 Å². The van der Waals surface area contributed by atoms with Crippen molar-refractivity contribution in [2.24, 2.45) is 0 Å². The monoisotopic (exact) mass is 522 g/mol. The van der Waals surface area contributed by atoms with Gasteiger partial charge in [-0.15, -0.1) is 0 Å². The molecule has 3 heterocycles. The summed E-state index contributed by atoms with van der Waals surface area (Å²) in [7, 11) is 0. The van der Waals surface area contributed by atoms with Crippen molar-refractivity contribution in [2.45, 2.75) is 19.3 Å². The van der Waals surface area contributed by atoms with Crippen LogP contribution in [0.15, 0.2) is 121 Å². The molecule has 0 aliphatic heterocycles. The summed E-state index contributed by atoms with van der Waals surface area (Å²) in [5, 5.41) is 7.92. The third-order valence-electron chi connectivity index (χ3n) is 9.81. The quantitative estimate of drug-likeness (QED) is 0.203. The SMILES string of the molecule is CC1(C)c2ccccc2-c2cc3c4cc5c6ccccc6n(-c6ccccc6)c5c5c6ccccc6n(c3cc21)c45. The molecule has 0 saturated carbocycles. The van der Waals surface area contributed by atoms with E-state index in [-0.39, 0.29) is 5.41 Å². The smallest absolute Gasteiger partial charge is 0.0642 e. The van der Waals surface area contributed by atoms with Gasteiger partial charge in [0, 0.05) is 43.4 Å². The fourth-order valence-electron chi connectivity index (χ4n) is 8.04. The van der Waals surface area contributed by atoms with Crippen LogP contribution in [0.5, 0.6) is 0 Å². The molecule has 0 bridgehead atoms. The Bertz CT molecular complexity index is 2540. The molecule has 1 aliphatic rings. The van der Waals surface area contributed by atoms with Crippen LogP contribution < -0.4 is 0 Å². The van der Waals surface area contributed by atoms with Gasteiger partial charge in [-0.1, -0.05) is 92.7 Å². The van der Waals surface area contributed by atoms with Gasteiger partial charge in [0.15, 0.2) is 0 Å². The van der Waals surface area contributed by atoms with Crippen LogP contribution in [0.25, 0.3) is 76.7 Å². The van der Waals surface area contributed by atoms with Crippen molar-refractivity contribution >= 4 is 59.9 Å². The van der Waals surface area contributed by atoms with Crippen LogP contribution in [-0.4, -0.2) is 8.97 Å². The van der Waals surface area contributed by atoms with Crippen LogP contribution in [-0.2, 0) is 5.41 Å². The second-order valence-electron chi connectivity index (χ2n) is 12.2. The van der Waals surface area contributed by atoms with E-state index in [1.807, 2.05) is 0 Å².